The van der Waals surface area contributed by atoms with Crippen LogP contribution in [0.5, 0.6) is 0 Å². The molecule has 0 bridgehead atoms. The number of carboxylic acid groups (broad SMARTS) is 1. The fourth-order valence-electron chi connectivity index (χ4n) is 2.21. The van der Waals surface area contributed by atoms with E-state index in [1.165, 1.54) is 0 Å². The molecule has 1 aliphatic rings. The second-order valence-corrected chi connectivity index (χ2v) is 5.00. The van der Waals surface area contributed by atoms with Gasteiger partial charge in [0.2, 0.25) is 6.61 Å². The number of rotatable bonds is 6. The quantitative estimate of drug-likeness (QED) is 0.641. The zero-order chi connectivity index (χ0) is 15.2. The summed E-state index contributed by atoms with van der Waals surface area (Å²) in [5.74, 6) is -1.07. The molecule has 0 amide bonds. The SMILES string of the molecule is O=CCCN1CCC(=NOCC(=O)O)c2cc(Cl)ccc21. The van der Waals surface area contributed by atoms with Gasteiger partial charge in [-0.3, -0.25) is 0 Å². The molecule has 0 saturated carbocycles. The average Bonchev–Trinajstić information content (AvgIpc) is 2.45. The molecule has 0 unspecified atom stereocenters. The maximum atomic E-state index is 10.5. The summed E-state index contributed by atoms with van der Waals surface area (Å²) < 4.78 is 0. The van der Waals surface area contributed by atoms with E-state index < -0.39 is 12.6 Å². The lowest BCUT2D eigenvalue weighted by Crippen LogP contribution is -2.33. The molecule has 0 radical (unpaired) electrons. The molecule has 7 heteroatoms. The molecule has 6 nitrogen and oxygen atoms in total. The van der Waals surface area contributed by atoms with Crippen molar-refractivity contribution in [3.05, 3.63) is 28.8 Å². The molecule has 1 aromatic rings. The minimum atomic E-state index is -1.07. The lowest BCUT2D eigenvalue weighted by atomic mass is 9.99. The first-order valence-corrected chi connectivity index (χ1v) is 6.88. The van der Waals surface area contributed by atoms with Crippen molar-refractivity contribution in [1.29, 1.82) is 0 Å². The topological polar surface area (TPSA) is 79.2 Å². The molecule has 21 heavy (non-hydrogen) atoms. The standard InChI is InChI=1S/C14H15ClN2O4/c15-10-2-3-13-11(8-10)12(16-21-9-14(19)20)4-6-17(13)5-1-7-18/h2-3,7-8H,1,4-6,9H2,(H,19,20). The second kappa shape index (κ2) is 7.08. The van der Waals surface area contributed by atoms with Crippen molar-refractivity contribution in [3.63, 3.8) is 0 Å². The van der Waals surface area contributed by atoms with Gasteiger partial charge in [-0.25, -0.2) is 4.79 Å². The third-order valence-corrected chi connectivity index (χ3v) is 3.34. The van der Waals surface area contributed by atoms with Crippen LogP contribution in [0.2, 0.25) is 5.02 Å². The zero-order valence-corrected chi connectivity index (χ0v) is 12.0. The Morgan fingerprint density at radius 3 is 3.05 bits per heavy atom. The number of aldehydes is 1. The van der Waals surface area contributed by atoms with Gasteiger partial charge >= 0.3 is 5.97 Å². The Morgan fingerprint density at radius 2 is 2.33 bits per heavy atom. The highest BCUT2D eigenvalue weighted by Crippen LogP contribution is 2.30. The normalized spacial score (nSPS) is 15.7. The van der Waals surface area contributed by atoms with Crippen molar-refractivity contribution in [3.8, 4) is 0 Å². The summed E-state index contributed by atoms with van der Waals surface area (Å²) in [7, 11) is 0. The molecule has 0 saturated heterocycles. The molecule has 1 heterocycles. The first-order chi connectivity index (χ1) is 10.1. The summed E-state index contributed by atoms with van der Waals surface area (Å²) in [4.78, 5) is 27.9. The summed E-state index contributed by atoms with van der Waals surface area (Å²) in [6.45, 7) is 0.841. The number of anilines is 1. The number of carboxylic acids is 1. The minimum Gasteiger partial charge on any atom is -0.479 e. The van der Waals surface area contributed by atoms with E-state index in [0.29, 0.717) is 36.7 Å². The number of fused-ring (bicyclic) bond motifs is 1. The van der Waals surface area contributed by atoms with Crippen LogP contribution < -0.4 is 4.90 Å². The molecule has 1 N–H and O–H groups in total. The fraction of sp³-hybridized carbons (Fsp3) is 0.357. The van der Waals surface area contributed by atoms with E-state index in [2.05, 4.69) is 10.1 Å². The van der Waals surface area contributed by atoms with Crippen molar-refractivity contribution in [1.82, 2.24) is 0 Å². The Balaban J connectivity index is 2.25. The number of hydrogen-bond acceptors (Lipinski definition) is 5. The van der Waals surface area contributed by atoms with Gasteiger partial charge in [0.25, 0.3) is 0 Å². The third kappa shape index (κ3) is 3.95. The lowest BCUT2D eigenvalue weighted by molar-refractivity contribution is -0.142. The Morgan fingerprint density at radius 1 is 1.52 bits per heavy atom. The third-order valence-electron chi connectivity index (χ3n) is 3.11. The summed E-state index contributed by atoms with van der Waals surface area (Å²) in [5.41, 5.74) is 2.39. The monoisotopic (exact) mass is 310 g/mol. The van der Waals surface area contributed by atoms with E-state index in [1.807, 2.05) is 6.07 Å². The van der Waals surface area contributed by atoms with E-state index in [1.54, 1.807) is 12.1 Å². The van der Waals surface area contributed by atoms with Crippen LogP contribution in [-0.4, -0.2) is 42.8 Å². The lowest BCUT2D eigenvalue weighted by Gasteiger charge is -2.31. The van der Waals surface area contributed by atoms with Crippen LogP contribution in [0.4, 0.5) is 5.69 Å². The number of carbonyl (C=O) groups is 2. The van der Waals surface area contributed by atoms with Gasteiger partial charge in [-0.1, -0.05) is 16.8 Å². The van der Waals surface area contributed by atoms with Gasteiger partial charge in [0.05, 0.1) is 5.71 Å². The van der Waals surface area contributed by atoms with Gasteiger partial charge in [0.1, 0.15) is 6.29 Å². The van der Waals surface area contributed by atoms with E-state index in [-0.39, 0.29) is 0 Å². The minimum absolute atomic E-state index is 0.448. The van der Waals surface area contributed by atoms with Crippen molar-refractivity contribution >= 4 is 35.3 Å². The number of nitrogens with zero attached hydrogens (tertiary/aromatic N) is 2. The average molecular weight is 311 g/mol. The van der Waals surface area contributed by atoms with Crippen LogP contribution in [0.15, 0.2) is 23.4 Å². The van der Waals surface area contributed by atoms with E-state index in [0.717, 1.165) is 17.5 Å². The van der Waals surface area contributed by atoms with Gasteiger partial charge in [0.15, 0.2) is 0 Å². The highest BCUT2D eigenvalue weighted by molar-refractivity contribution is 6.31. The molecule has 2 rings (SSSR count). The summed E-state index contributed by atoms with van der Waals surface area (Å²) in [6.07, 6.45) is 1.94. The maximum absolute atomic E-state index is 10.5. The highest BCUT2D eigenvalue weighted by Gasteiger charge is 2.22. The van der Waals surface area contributed by atoms with E-state index in [4.69, 9.17) is 21.5 Å². The van der Waals surface area contributed by atoms with Gasteiger partial charge in [0, 0.05) is 42.2 Å². The molecule has 0 aromatic heterocycles. The molecule has 0 atom stereocenters. The second-order valence-electron chi connectivity index (χ2n) is 4.56. The smallest absolute Gasteiger partial charge is 0.344 e. The first-order valence-electron chi connectivity index (χ1n) is 6.51. The molecule has 0 aliphatic carbocycles. The highest BCUT2D eigenvalue weighted by atomic mass is 35.5. The van der Waals surface area contributed by atoms with Crippen molar-refractivity contribution in [2.75, 3.05) is 24.6 Å². The van der Waals surface area contributed by atoms with Crippen LogP contribution in [0, 0.1) is 0 Å². The molecular weight excluding hydrogens is 296 g/mol. The van der Waals surface area contributed by atoms with Crippen LogP contribution in [0.3, 0.4) is 0 Å². The predicted molar refractivity (Wildman–Crippen MR) is 79.1 cm³/mol. The number of halogens is 1. The number of hydrogen-bond donors (Lipinski definition) is 1. The van der Waals surface area contributed by atoms with Crippen LogP contribution in [0.1, 0.15) is 18.4 Å². The molecular formula is C14H15ClN2O4. The molecule has 0 fully saturated rings. The summed E-state index contributed by atoms with van der Waals surface area (Å²) >= 11 is 6.01. The van der Waals surface area contributed by atoms with Crippen molar-refractivity contribution in [2.45, 2.75) is 12.8 Å². The van der Waals surface area contributed by atoms with E-state index in [9.17, 15) is 9.59 Å². The molecule has 1 aromatic carbocycles. The maximum Gasteiger partial charge on any atom is 0.344 e. The molecule has 0 spiro atoms. The molecule has 1 aliphatic heterocycles. The van der Waals surface area contributed by atoms with Crippen molar-refractivity contribution in [2.24, 2.45) is 5.16 Å². The first kappa shape index (κ1) is 15.3. The van der Waals surface area contributed by atoms with Crippen LogP contribution in [0.25, 0.3) is 0 Å². The number of aliphatic carboxylic acids is 1. The van der Waals surface area contributed by atoms with Crippen molar-refractivity contribution < 1.29 is 19.5 Å². The van der Waals surface area contributed by atoms with E-state index >= 15 is 0 Å². The Labute approximate surface area is 126 Å². The number of benzene rings is 1. The zero-order valence-electron chi connectivity index (χ0n) is 11.3. The Bertz CT molecular complexity index is 574. The fourth-order valence-corrected chi connectivity index (χ4v) is 2.38. The van der Waals surface area contributed by atoms with Gasteiger partial charge in [-0.15, -0.1) is 0 Å². The molecule has 112 valence electrons. The largest absolute Gasteiger partial charge is 0.479 e. The Hall–Kier alpha value is -2.08. The van der Waals surface area contributed by atoms with Crippen LogP contribution >= 0.6 is 11.6 Å². The number of carbonyl (C=O) groups excluding carboxylic acids is 1. The number of oxime groups is 1. The predicted octanol–water partition coefficient (Wildman–Crippen LogP) is 1.94. The summed E-state index contributed by atoms with van der Waals surface area (Å²) in [6, 6.07) is 5.41. The van der Waals surface area contributed by atoms with Crippen LogP contribution in [-0.2, 0) is 14.4 Å². The van der Waals surface area contributed by atoms with Gasteiger partial charge < -0.3 is 19.6 Å². The summed E-state index contributed by atoms with van der Waals surface area (Å²) in [5, 5.41) is 13.0. The van der Waals surface area contributed by atoms with Gasteiger partial charge in [-0.05, 0) is 18.2 Å². The van der Waals surface area contributed by atoms with Gasteiger partial charge in [-0.2, -0.15) is 0 Å². The Kier molecular flexibility index (Phi) is 5.16.